The Labute approximate surface area is 100 Å². The van der Waals surface area contributed by atoms with Gasteiger partial charge in [-0.15, -0.1) is 0 Å². The molecule has 0 unspecified atom stereocenters. The van der Waals surface area contributed by atoms with Crippen molar-refractivity contribution in [1.29, 1.82) is 5.41 Å². The lowest BCUT2D eigenvalue weighted by Gasteiger charge is -1.98. The van der Waals surface area contributed by atoms with Crippen LogP contribution in [0.25, 0.3) is 0 Å². The summed E-state index contributed by atoms with van der Waals surface area (Å²) in [5.41, 5.74) is 7.71. The third kappa shape index (κ3) is 11.4. The first kappa shape index (κ1) is 14.5. The lowest BCUT2D eigenvalue weighted by molar-refractivity contribution is 0.707. The quantitative estimate of drug-likeness (QED) is 0.231. The molecule has 0 aliphatic rings. The zero-order valence-electron chi connectivity index (χ0n) is 9.14. The Hall–Kier alpha value is -0.550. The molecule has 0 aromatic heterocycles. The molecule has 0 radical (unpaired) electrons. The van der Waals surface area contributed by atoms with E-state index in [9.17, 15) is 0 Å². The van der Waals surface area contributed by atoms with Crippen molar-refractivity contribution < 1.29 is 0 Å². The van der Waals surface area contributed by atoms with Crippen molar-refractivity contribution in [2.75, 3.05) is 5.75 Å². The SMILES string of the molecule is C=C=C=C=CC(=N)SSCCCCCC. The highest BCUT2D eigenvalue weighted by Gasteiger charge is 1.93. The number of nitrogens with one attached hydrogen (secondary N) is 1. The average molecular weight is 239 g/mol. The lowest BCUT2D eigenvalue weighted by Crippen LogP contribution is -1.81. The van der Waals surface area contributed by atoms with E-state index in [0.29, 0.717) is 5.04 Å². The average Bonchev–Trinajstić information content (AvgIpc) is 2.23. The maximum absolute atomic E-state index is 7.52. The van der Waals surface area contributed by atoms with Crippen molar-refractivity contribution in [2.24, 2.45) is 0 Å². The van der Waals surface area contributed by atoms with Gasteiger partial charge in [0.05, 0.1) is 0 Å². The van der Waals surface area contributed by atoms with Crippen molar-refractivity contribution >= 4 is 26.6 Å². The second-order valence-electron chi connectivity index (χ2n) is 2.92. The monoisotopic (exact) mass is 239 g/mol. The van der Waals surface area contributed by atoms with Crippen LogP contribution in [0, 0.1) is 5.41 Å². The summed E-state index contributed by atoms with van der Waals surface area (Å²) in [6.07, 6.45) is 6.71. The lowest BCUT2D eigenvalue weighted by atomic mass is 10.2. The van der Waals surface area contributed by atoms with Crippen LogP contribution >= 0.6 is 21.6 Å². The minimum Gasteiger partial charge on any atom is -0.293 e. The molecule has 0 aliphatic carbocycles. The highest BCUT2D eigenvalue weighted by atomic mass is 33.1. The summed E-state index contributed by atoms with van der Waals surface area (Å²) in [6.45, 7) is 5.57. The molecular weight excluding hydrogens is 222 g/mol. The summed E-state index contributed by atoms with van der Waals surface area (Å²) in [7, 11) is 3.21. The van der Waals surface area contributed by atoms with E-state index in [-0.39, 0.29) is 0 Å². The predicted molar refractivity (Wildman–Crippen MR) is 72.7 cm³/mol. The fraction of sp³-hybridized carbons (Fsp3) is 0.500. The first-order valence-electron chi connectivity index (χ1n) is 5.05. The summed E-state index contributed by atoms with van der Waals surface area (Å²) in [4.78, 5) is 0. The Bertz CT molecular complexity index is 291. The molecule has 0 spiro atoms. The topological polar surface area (TPSA) is 23.9 Å². The van der Waals surface area contributed by atoms with E-state index < -0.39 is 0 Å². The van der Waals surface area contributed by atoms with Crippen molar-refractivity contribution in [1.82, 2.24) is 0 Å². The second-order valence-corrected chi connectivity index (χ2v) is 5.38. The summed E-state index contributed by atoms with van der Waals surface area (Å²) >= 11 is 0. The van der Waals surface area contributed by atoms with E-state index in [1.54, 1.807) is 16.9 Å². The number of hydrogen-bond acceptors (Lipinski definition) is 3. The van der Waals surface area contributed by atoms with Gasteiger partial charge in [0.2, 0.25) is 0 Å². The van der Waals surface area contributed by atoms with Gasteiger partial charge in [0.1, 0.15) is 5.04 Å². The minimum absolute atomic E-state index is 0.498. The van der Waals surface area contributed by atoms with Gasteiger partial charge in [-0.25, -0.2) is 0 Å². The van der Waals surface area contributed by atoms with Crippen molar-refractivity contribution in [3.8, 4) is 0 Å². The molecule has 0 bridgehead atoms. The first-order valence-corrected chi connectivity index (χ1v) is 7.37. The van der Waals surface area contributed by atoms with Crippen LogP contribution in [0.5, 0.6) is 0 Å². The van der Waals surface area contributed by atoms with Gasteiger partial charge in [-0.2, -0.15) is 0 Å². The second kappa shape index (κ2) is 11.5. The zero-order chi connectivity index (χ0) is 11.4. The van der Waals surface area contributed by atoms with Gasteiger partial charge in [-0.3, -0.25) is 5.41 Å². The molecule has 3 heteroatoms. The van der Waals surface area contributed by atoms with Gasteiger partial charge >= 0.3 is 0 Å². The molecule has 0 atom stereocenters. The normalized spacial score (nSPS) is 8.60. The third-order valence-electron chi connectivity index (χ3n) is 1.59. The number of rotatable bonds is 7. The highest BCUT2D eigenvalue weighted by molar-refractivity contribution is 8.82. The maximum Gasteiger partial charge on any atom is 0.106 e. The zero-order valence-corrected chi connectivity index (χ0v) is 10.8. The molecule has 0 saturated carbocycles. The van der Waals surface area contributed by atoms with E-state index >= 15 is 0 Å². The third-order valence-corrected chi connectivity index (χ3v) is 3.86. The molecule has 82 valence electrons. The molecular formula is C12H17NS2. The first-order chi connectivity index (χ1) is 7.31. The highest BCUT2D eigenvalue weighted by Crippen LogP contribution is 2.24. The molecule has 0 aromatic rings. The molecule has 0 heterocycles. The van der Waals surface area contributed by atoms with Crippen LogP contribution in [0.1, 0.15) is 32.6 Å². The van der Waals surface area contributed by atoms with E-state index in [1.165, 1.54) is 36.5 Å². The molecule has 0 aliphatic heterocycles. The van der Waals surface area contributed by atoms with E-state index in [1.807, 2.05) is 0 Å². The van der Waals surface area contributed by atoms with Crippen LogP contribution in [-0.4, -0.2) is 10.8 Å². The molecule has 0 saturated heterocycles. The summed E-state index contributed by atoms with van der Waals surface area (Å²) < 4.78 is 0. The summed E-state index contributed by atoms with van der Waals surface area (Å²) in [5.74, 6) is 1.11. The van der Waals surface area contributed by atoms with E-state index in [2.05, 4.69) is 30.7 Å². The van der Waals surface area contributed by atoms with Gasteiger partial charge in [-0.1, -0.05) is 48.4 Å². The Balaban J connectivity index is 3.48. The van der Waals surface area contributed by atoms with Crippen LogP contribution in [-0.2, 0) is 0 Å². The fourth-order valence-corrected chi connectivity index (χ4v) is 2.64. The predicted octanol–water partition coefficient (Wildman–Crippen LogP) is 4.58. The maximum atomic E-state index is 7.52. The van der Waals surface area contributed by atoms with Crippen LogP contribution in [0.2, 0.25) is 0 Å². The molecule has 1 N–H and O–H groups in total. The molecule has 1 nitrogen and oxygen atoms in total. The van der Waals surface area contributed by atoms with Gasteiger partial charge in [-0.05, 0) is 29.5 Å². The smallest absolute Gasteiger partial charge is 0.106 e. The van der Waals surface area contributed by atoms with Crippen LogP contribution in [0.15, 0.2) is 29.8 Å². The minimum atomic E-state index is 0.498. The van der Waals surface area contributed by atoms with Crippen LogP contribution < -0.4 is 0 Å². The van der Waals surface area contributed by atoms with Crippen molar-refractivity contribution in [3.05, 3.63) is 29.8 Å². The summed E-state index contributed by atoms with van der Waals surface area (Å²) in [6, 6.07) is 0. The van der Waals surface area contributed by atoms with Crippen LogP contribution in [0.3, 0.4) is 0 Å². The Kier molecular flexibility index (Phi) is 11.1. The Morgan fingerprint density at radius 2 is 2.20 bits per heavy atom. The van der Waals surface area contributed by atoms with Crippen LogP contribution in [0.4, 0.5) is 0 Å². The van der Waals surface area contributed by atoms with E-state index in [4.69, 9.17) is 5.41 Å². The van der Waals surface area contributed by atoms with Gasteiger partial charge in [0.25, 0.3) is 0 Å². The molecule has 0 amide bonds. The molecule has 15 heavy (non-hydrogen) atoms. The van der Waals surface area contributed by atoms with E-state index in [0.717, 1.165) is 5.75 Å². The van der Waals surface area contributed by atoms with Crippen molar-refractivity contribution in [3.63, 3.8) is 0 Å². The Morgan fingerprint density at radius 3 is 2.87 bits per heavy atom. The number of unbranched alkanes of at least 4 members (excludes halogenated alkanes) is 3. The summed E-state index contributed by atoms with van der Waals surface area (Å²) in [5, 5.41) is 8.02. The molecule has 0 fully saturated rings. The van der Waals surface area contributed by atoms with Crippen molar-refractivity contribution in [2.45, 2.75) is 32.6 Å². The van der Waals surface area contributed by atoms with Gasteiger partial charge in [0.15, 0.2) is 0 Å². The van der Waals surface area contributed by atoms with Gasteiger partial charge < -0.3 is 0 Å². The Morgan fingerprint density at radius 1 is 1.40 bits per heavy atom. The number of hydrogen-bond donors (Lipinski definition) is 1. The van der Waals surface area contributed by atoms with Gasteiger partial charge in [0, 0.05) is 11.8 Å². The molecule has 0 rings (SSSR count). The largest absolute Gasteiger partial charge is 0.293 e. The molecule has 0 aromatic carbocycles. The standard InChI is InChI=1S/C12H17NS2/c1-3-5-7-9-11-14-15-12(13)10-8-6-4-2/h10,13H,2-3,5,7,9,11H2,1H3. The fourth-order valence-electron chi connectivity index (χ4n) is 0.870.